The number of esters is 1. The van der Waals surface area contributed by atoms with E-state index >= 15 is 0 Å². The molecule has 1 aromatic carbocycles. The molecule has 0 radical (unpaired) electrons. The number of likely N-dealkylation sites (N-methyl/N-ethyl adjacent to an activating group) is 1. The molecule has 10 nitrogen and oxygen atoms in total. The monoisotopic (exact) mass is 508 g/mol. The number of ketones is 1. The number of benzene rings is 1. The molecule has 1 aromatic rings. The fourth-order valence-electron chi connectivity index (χ4n) is 5.38. The van der Waals surface area contributed by atoms with Crippen molar-refractivity contribution >= 4 is 33.7 Å². The molecule has 0 spiro atoms. The van der Waals surface area contributed by atoms with Crippen LogP contribution in [0, 0.1) is 16.7 Å². The average Bonchev–Trinajstić information content (AvgIpc) is 3.11. The number of carbonyl (C=O) groups excluding carboxylic acids is 3. The first-order valence-corrected chi connectivity index (χ1v) is 13.1. The highest BCUT2D eigenvalue weighted by molar-refractivity contribution is 7.89. The summed E-state index contributed by atoms with van der Waals surface area (Å²) in [6.45, 7) is 3.06. The minimum atomic E-state index is -4.21. The zero-order chi connectivity index (χ0) is 26.0. The number of aliphatic carboxylic acids is 1. The van der Waals surface area contributed by atoms with Crippen LogP contribution in [0.1, 0.15) is 45.1 Å². The van der Waals surface area contributed by atoms with Gasteiger partial charge in [-0.25, -0.2) is 13.1 Å². The summed E-state index contributed by atoms with van der Waals surface area (Å²) in [6.07, 6.45) is 0.907. The number of fused-ring (bicyclic) bond motifs is 2. The fourth-order valence-corrected chi connectivity index (χ4v) is 7.41. The Kier molecular flexibility index (Phi) is 7.71. The standard InChI is InChI=1S/C24H32N2O8S/c1-23(2)17-9-10-24(23,19(27)11-17)15-35(32,33)25-18(22(31)26(3)13-20(28)29)12-21(30)34-14-16-7-5-4-6-8-16/h4-8,17-18,25H,9-15H2,1-3H3,(H,28,29). The van der Waals surface area contributed by atoms with Crippen molar-refractivity contribution in [2.24, 2.45) is 16.7 Å². The zero-order valence-corrected chi connectivity index (χ0v) is 21.0. The topological polar surface area (TPSA) is 147 Å². The average molecular weight is 509 g/mol. The van der Waals surface area contributed by atoms with Gasteiger partial charge in [0.25, 0.3) is 0 Å². The van der Waals surface area contributed by atoms with Crippen LogP contribution in [0.15, 0.2) is 30.3 Å². The number of carboxylic acid groups (broad SMARTS) is 1. The molecule has 0 aromatic heterocycles. The van der Waals surface area contributed by atoms with Gasteiger partial charge in [-0.15, -0.1) is 0 Å². The third kappa shape index (κ3) is 5.72. The minimum absolute atomic E-state index is 0.0640. The molecule has 2 aliphatic carbocycles. The third-order valence-corrected chi connectivity index (χ3v) is 9.07. The van der Waals surface area contributed by atoms with E-state index < -0.39 is 63.5 Å². The number of amides is 1. The molecule has 3 rings (SSSR count). The second-order valence-electron chi connectivity index (χ2n) is 10.0. The normalized spacial score (nSPS) is 23.6. The van der Waals surface area contributed by atoms with Crippen molar-refractivity contribution < 1.29 is 37.4 Å². The molecule has 2 saturated carbocycles. The lowest BCUT2D eigenvalue weighted by Gasteiger charge is -2.36. The van der Waals surface area contributed by atoms with Gasteiger partial charge in [-0.2, -0.15) is 0 Å². The molecule has 3 unspecified atom stereocenters. The van der Waals surface area contributed by atoms with Crippen LogP contribution >= 0.6 is 0 Å². The van der Waals surface area contributed by atoms with Gasteiger partial charge >= 0.3 is 11.9 Å². The maximum atomic E-state index is 13.2. The smallest absolute Gasteiger partial charge is 0.323 e. The predicted octanol–water partition coefficient (Wildman–Crippen LogP) is 1.35. The minimum Gasteiger partial charge on any atom is -0.480 e. The van der Waals surface area contributed by atoms with Crippen molar-refractivity contribution in [2.75, 3.05) is 19.3 Å². The second kappa shape index (κ2) is 10.1. The number of sulfonamides is 1. The van der Waals surface area contributed by atoms with Crippen molar-refractivity contribution in [3.8, 4) is 0 Å². The molecule has 192 valence electrons. The number of nitrogens with zero attached hydrogens (tertiary/aromatic N) is 1. The summed E-state index contributed by atoms with van der Waals surface area (Å²) >= 11 is 0. The Bertz CT molecular complexity index is 1100. The summed E-state index contributed by atoms with van der Waals surface area (Å²) in [7, 11) is -3.00. The van der Waals surface area contributed by atoms with Crippen LogP contribution in [0.5, 0.6) is 0 Å². The van der Waals surface area contributed by atoms with Crippen LogP contribution in [0.3, 0.4) is 0 Å². The lowest BCUT2D eigenvalue weighted by Crippen LogP contribution is -2.52. The molecular weight excluding hydrogens is 476 g/mol. The Morgan fingerprint density at radius 1 is 1.23 bits per heavy atom. The van der Waals surface area contributed by atoms with Gasteiger partial charge in [-0.1, -0.05) is 44.2 Å². The van der Waals surface area contributed by atoms with Gasteiger partial charge in [-0.05, 0) is 29.7 Å². The number of carboxylic acids is 1. The molecular formula is C24H32N2O8S. The maximum absolute atomic E-state index is 13.2. The van der Waals surface area contributed by atoms with Crippen molar-refractivity contribution in [2.45, 2.75) is 52.2 Å². The van der Waals surface area contributed by atoms with Gasteiger partial charge in [-0.3, -0.25) is 19.2 Å². The fraction of sp³-hybridized carbons (Fsp3) is 0.583. The number of hydrogen-bond donors (Lipinski definition) is 2. The molecule has 2 fully saturated rings. The van der Waals surface area contributed by atoms with E-state index in [1.54, 1.807) is 30.3 Å². The van der Waals surface area contributed by atoms with Gasteiger partial charge in [0.05, 0.1) is 12.2 Å². The van der Waals surface area contributed by atoms with Crippen molar-refractivity contribution in [1.29, 1.82) is 0 Å². The maximum Gasteiger partial charge on any atom is 0.323 e. The highest BCUT2D eigenvalue weighted by Gasteiger charge is 2.65. The first-order valence-electron chi connectivity index (χ1n) is 11.5. The summed E-state index contributed by atoms with van der Waals surface area (Å²) in [5.41, 5.74) is -0.852. The molecule has 35 heavy (non-hydrogen) atoms. The van der Waals surface area contributed by atoms with Crippen molar-refractivity contribution in [3.63, 3.8) is 0 Å². The van der Waals surface area contributed by atoms with E-state index in [0.717, 1.165) is 11.3 Å². The quantitative estimate of drug-likeness (QED) is 0.426. The number of nitrogens with one attached hydrogen (secondary N) is 1. The molecule has 0 heterocycles. The summed E-state index contributed by atoms with van der Waals surface area (Å²) < 4.78 is 33.9. The summed E-state index contributed by atoms with van der Waals surface area (Å²) in [5.74, 6) is -3.48. The Balaban J connectivity index is 1.76. The largest absolute Gasteiger partial charge is 0.480 e. The van der Waals surface area contributed by atoms with Crippen LogP contribution in [-0.2, 0) is 40.5 Å². The molecule has 11 heteroatoms. The molecule has 2 bridgehead atoms. The third-order valence-electron chi connectivity index (χ3n) is 7.56. The van der Waals surface area contributed by atoms with Crippen molar-refractivity contribution in [1.82, 2.24) is 9.62 Å². The first-order chi connectivity index (χ1) is 16.3. The molecule has 0 aliphatic heterocycles. The van der Waals surface area contributed by atoms with E-state index in [4.69, 9.17) is 9.84 Å². The number of Topliss-reactive ketones (excluding diaryl/α,β-unsaturated/α-hetero) is 1. The molecule has 2 aliphatic rings. The number of carbonyl (C=O) groups is 4. The van der Waals surface area contributed by atoms with Crippen molar-refractivity contribution in [3.05, 3.63) is 35.9 Å². The van der Waals surface area contributed by atoms with E-state index in [-0.39, 0.29) is 18.3 Å². The molecule has 0 saturated heterocycles. The summed E-state index contributed by atoms with van der Waals surface area (Å²) in [5, 5.41) is 9.02. The second-order valence-corrected chi connectivity index (χ2v) is 11.8. The van der Waals surface area contributed by atoms with E-state index in [2.05, 4.69) is 4.72 Å². The Labute approximate surface area is 205 Å². The highest BCUT2D eigenvalue weighted by atomic mass is 32.2. The lowest BCUT2D eigenvalue weighted by molar-refractivity contribution is -0.149. The number of hydrogen-bond acceptors (Lipinski definition) is 7. The Morgan fingerprint density at radius 2 is 1.89 bits per heavy atom. The Hall–Kier alpha value is -2.79. The van der Waals surface area contributed by atoms with E-state index in [1.165, 1.54) is 7.05 Å². The van der Waals surface area contributed by atoms with Gasteiger partial charge in [0.15, 0.2) is 0 Å². The van der Waals surface area contributed by atoms with Crippen LogP contribution in [0.25, 0.3) is 0 Å². The van der Waals surface area contributed by atoms with Crippen LogP contribution in [0.4, 0.5) is 0 Å². The number of rotatable bonds is 11. The van der Waals surface area contributed by atoms with Gasteiger partial charge in [0, 0.05) is 18.9 Å². The van der Waals surface area contributed by atoms with Crippen LogP contribution in [0.2, 0.25) is 0 Å². The summed E-state index contributed by atoms with van der Waals surface area (Å²) in [6, 6.07) is 7.25. The zero-order valence-electron chi connectivity index (χ0n) is 20.2. The van der Waals surface area contributed by atoms with Crippen LogP contribution in [-0.4, -0.2) is 67.4 Å². The van der Waals surface area contributed by atoms with E-state index in [1.807, 2.05) is 13.8 Å². The molecule has 3 atom stereocenters. The molecule has 1 amide bonds. The van der Waals surface area contributed by atoms with Gasteiger partial charge < -0.3 is 14.7 Å². The van der Waals surface area contributed by atoms with E-state index in [9.17, 15) is 27.6 Å². The number of ether oxygens (including phenoxy) is 1. The van der Waals surface area contributed by atoms with Gasteiger partial charge in [0.2, 0.25) is 15.9 Å². The van der Waals surface area contributed by atoms with Gasteiger partial charge in [0.1, 0.15) is 25.0 Å². The predicted molar refractivity (Wildman–Crippen MR) is 125 cm³/mol. The first kappa shape index (κ1) is 26.8. The van der Waals surface area contributed by atoms with E-state index in [0.29, 0.717) is 18.4 Å². The summed E-state index contributed by atoms with van der Waals surface area (Å²) in [4.78, 5) is 50.1. The lowest BCUT2D eigenvalue weighted by atomic mass is 9.70. The van der Waals surface area contributed by atoms with Crippen LogP contribution < -0.4 is 4.72 Å². The Morgan fingerprint density at radius 3 is 2.43 bits per heavy atom. The highest BCUT2D eigenvalue weighted by Crippen LogP contribution is 2.64. The SMILES string of the molecule is CN(CC(=O)O)C(=O)C(CC(=O)OCc1ccccc1)NS(=O)(=O)CC12CCC(CC1=O)C2(C)C. The molecule has 2 N–H and O–H groups in total.